The predicted octanol–water partition coefficient (Wildman–Crippen LogP) is -0.756. The van der Waals surface area contributed by atoms with Gasteiger partial charge in [-0.25, -0.2) is 9.18 Å². The van der Waals surface area contributed by atoms with E-state index in [0.717, 1.165) is 9.13 Å². The third-order valence-corrected chi connectivity index (χ3v) is 5.30. The number of anilines is 2. The highest BCUT2D eigenvalue weighted by molar-refractivity contribution is 6.01. The summed E-state index contributed by atoms with van der Waals surface area (Å²) in [5.74, 6) is -1.28. The summed E-state index contributed by atoms with van der Waals surface area (Å²) in [5, 5.41) is 2.66. The van der Waals surface area contributed by atoms with Crippen molar-refractivity contribution in [3.05, 3.63) is 56.5 Å². The molecule has 10 nitrogen and oxygen atoms in total. The highest BCUT2D eigenvalue weighted by atomic mass is 19.1. The average molecular weight is 432 g/mol. The van der Waals surface area contributed by atoms with Crippen LogP contribution in [-0.4, -0.2) is 69.9 Å². The van der Waals surface area contributed by atoms with Gasteiger partial charge in [0.1, 0.15) is 17.2 Å². The molecular weight excluding hydrogens is 407 g/mol. The van der Waals surface area contributed by atoms with Gasteiger partial charge in [-0.3, -0.25) is 33.3 Å². The molecule has 2 heterocycles. The maximum atomic E-state index is 13.2. The van der Waals surface area contributed by atoms with Gasteiger partial charge in [0.2, 0.25) is 5.91 Å². The molecular formula is C20H25FN6O4. The number of ketones is 1. The van der Waals surface area contributed by atoms with Gasteiger partial charge < -0.3 is 11.1 Å². The Morgan fingerprint density at radius 2 is 1.65 bits per heavy atom. The Morgan fingerprint density at radius 3 is 2.26 bits per heavy atom. The number of hydrogen-bond donors (Lipinski definition) is 2. The number of rotatable bonds is 6. The van der Waals surface area contributed by atoms with Crippen molar-refractivity contribution in [1.29, 1.82) is 0 Å². The summed E-state index contributed by atoms with van der Waals surface area (Å²) in [4.78, 5) is 52.9. The number of piperazine rings is 1. The second-order valence-corrected chi connectivity index (χ2v) is 7.50. The molecule has 3 rings (SSSR count). The smallest absolute Gasteiger partial charge is 0.332 e. The lowest BCUT2D eigenvalue weighted by Gasteiger charge is -2.33. The van der Waals surface area contributed by atoms with E-state index in [4.69, 9.17) is 5.73 Å². The monoisotopic (exact) mass is 432 g/mol. The zero-order valence-corrected chi connectivity index (χ0v) is 17.4. The number of nitrogen functional groups attached to an aromatic ring is 1. The molecule has 3 N–H and O–H groups in total. The summed E-state index contributed by atoms with van der Waals surface area (Å²) in [6, 6.07) is 5.68. The van der Waals surface area contributed by atoms with Gasteiger partial charge in [0.05, 0.1) is 13.1 Å². The molecule has 0 atom stereocenters. The SMILES string of the molecule is Cn1c(N)c(C(=O)CN2CCN(CC(=O)Nc3cccc(F)c3)CC2)c(=O)n(C)c1=O. The molecule has 1 aromatic carbocycles. The first-order chi connectivity index (χ1) is 14.7. The Morgan fingerprint density at radius 1 is 1.03 bits per heavy atom. The van der Waals surface area contributed by atoms with Crippen molar-refractivity contribution in [1.82, 2.24) is 18.9 Å². The first-order valence-electron chi connectivity index (χ1n) is 9.76. The van der Waals surface area contributed by atoms with Crippen LogP contribution in [0.3, 0.4) is 0 Å². The van der Waals surface area contributed by atoms with E-state index >= 15 is 0 Å². The fourth-order valence-corrected chi connectivity index (χ4v) is 3.48. The van der Waals surface area contributed by atoms with Crippen molar-refractivity contribution in [3.8, 4) is 0 Å². The van der Waals surface area contributed by atoms with Gasteiger partial charge in [0, 0.05) is 46.0 Å². The van der Waals surface area contributed by atoms with Crippen LogP contribution in [0.2, 0.25) is 0 Å². The summed E-state index contributed by atoms with van der Waals surface area (Å²) in [6.07, 6.45) is 0. The van der Waals surface area contributed by atoms with Crippen LogP contribution < -0.4 is 22.3 Å². The second-order valence-electron chi connectivity index (χ2n) is 7.50. The number of nitrogens with two attached hydrogens (primary N) is 1. The molecule has 1 aromatic heterocycles. The Balaban J connectivity index is 1.55. The van der Waals surface area contributed by atoms with Crippen LogP contribution in [0.4, 0.5) is 15.9 Å². The lowest BCUT2D eigenvalue weighted by Crippen LogP contribution is -2.50. The van der Waals surface area contributed by atoms with E-state index in [0.29, 0.717) is 31.9 Å². The Bertz CT molecular complexity index is 1120. The lowest BCUT2D eigenvalue weighted by molar-refractivity contribution is -0.117. The van der Waals surface area contributed by atoms with E-state index in [2.05, 4.69) is 5.32 Å². The number of Topliss-reactive ketones (excluding diaryl/α,β-unsaturated/α-hetero) is 1. The zero-order valence-electron chi connectivity index (χ0n) is 17.4. The van der Waals surface area contributed by atoms with Crippen molar-refractivity contribution >= 4 is 23.2 Å². The Kier molecular flexibility index (Phi) is 6.66. The highest BCUT2D eigenvalue weighted by Crippen LogP contribution is 2.10. The number of aromatic nitrogens is 2. The van der Waals surface area contributed by atoms with Gasteiger partial charge in [-0.05, 0) is 18.2 Å². The summed E-state index contributed by atoms with van der Waals surface area (Å²) < 4.78 is 15.2. The third-order valence-electron chi connectivity index (χ3n) is 5.30. The molecule has 166 valence electrons. The zero-order chi connectivity index (χ0) is 22.7. The van der Waals surface area contributed by atoms with Crippen LogP contribution in [0.15, 0.2) is 33.9 Å². The normalized spacial score (nSPS) is 15.1. The third kappa shape index (κ3) is 5.06. The van der Waals surface area contributed by atoms with Crippen molar-refractivity contribution in [2.75, 3.05) is 50.3 Å². The molecule has 31 heavy (non-hydrogen) atoms. The summed E-state index contributed by atoms with van der Waals surface area (Å²) in [7, 11) is 2.70. The molecule has 1 aliphatic heterocycles. The molecule has 0 spiro atoms. The molecule has 11 heteroatoms. The number of carbonyl (C=O) groups excluding carboxylic acids is 2. The van der Waals surface area contributed by atoms with Crippen LogP contribution >= 0.6 is 0 Å². The van der Waals surface area contributed by atoms with E-state index in [1.165, 1.54) is 32.3 Å². The number of carbonyl (C=O) groups is 2. The largest absolute Gasteiger partial charge is 0.384 e. The van der Waals surface area contributed by atoms with Crippen molar-refractivity contribution in [3.63, 3.8) is 0 Å². The van der Waals surface area contributed by atoms with E-state index in [9.17, 15) is 23.6 Å². The number of amides is 1. The first kappa shape index (κ1) is 22.4. The van der Waals surface area contributed by atoms with Crippen LogP contribution in [0.1, 0.15) is 10.4 Å². The fourth-order valence-electron chi connectivity index (χ4n) is 3.48. The molecule has 1 aliphatic rings. The Labute approximate surface area is 177 Å². The predicted molar refractivity (Wildman–Crippen MR) is 114 cm³/mol. The molecule has 0 saturated carbocycles. The number of nitrogens with zero attached hydrogens (tertiary/aromatic N) is 4. The number of nitrogens with one attached hydrogen (secondary N) is 1. The molecule has 2 aromatic rings. The second kappa shape index (κ2) is 9.23. The molecule has 1 amide bonds. The lowest BCUT2D eigenvalue weighted by atomic mass is 10.1. The standard InChI is InChI=1S/C20H25FN6O4/c1-24-18(22)17(19(30)25(2)20(24)31)15(28)11-26-6-8-27(9-7-26)12-16(29)23-14-5-3-4-13(21)10-14/h3-5,10H,6-9,11-12,22H2,1-2H3,(H,23,29). The maximum Gasteiger partial charge on any atom is 0.332 e. The fraction of sp³-hybridized carbons (Fsp3) is 0.400. The molecule has 0 unspecified atom stereocenters. The van der Waals surface area contributed by atoms with Crippen LogP contribution in [0, 0.1) is 5.82 Å². The quantitative estimate of drug-likeness (QED) is 0.576. The van der Waals surface area contributed by atoms with Crippen LogP contribution in [-0.2, 0) is 18.9 Å². The summed E-state index contributed by atoms with van der Waals surface area (Å²) >= 11 is 0. The molecule has 1 fully saturated rings. The highest BCUT2D eigenvalue weighted by Gasteiger charge is 2.25. The van der Waals surface area contributed by atoms with Crippen LogP contribution in [0.5, 0.6) is 0 Å². The molecule has 0 bridgehead atoms. The molecule has 0 aliphatic carbocycles. The van der Waals surface area contributed by atoms with E-state index in [1.54, 1.807) is 6.07 Å². The first-order valence-corrected chi connectivity index (χ1v) is 9.76. The molecule has 0 radical (unpaired) electrons. The number of benzene rings is 1. The Hall–Kier alpha value is -3.31. The topological polar surface area (TPSA) is 123 Å². The summed E-state index contributed by atoms with van der Waals surface area (Å²) in [5.41, 5.74) is 4.74. The van der Waals surface area contributed by atoms with Gasteiger partial charge in [-0.1, -0.05) is 6.07 Å². The van der Waals surface area contributed by atoms with Gasteiger partial charge in [0.15, 0.2) is 5.78 Å². The van der Waals surface area contributed by atoms with E-state index < -0.39 is 22.8 Å². The van der Waals surface area contributed by atoms with Gasteiger partial charge >= 0.3 is 5.69 Å². The minimum Gasteiger partial charge on any atom is -0.384 e. The number of halogens is 1. The number of hydrogen-bond acceptors (Lipinski definition) is 7. The van der Waals surface area contributed by atoms with Crippen molar-refractivity contribution in [2.24, 2.45) is 14.1 Å². The van der Waals surface area contributed by atoms with Gasteiger partial charge in [-0.2, -0.15) is 0 Å². The van der Waals surface area contributed by atoms with Gasteiger partial charge in [-0.15, -0.1) is 0 Å². The summed E-state index contributed by atoms with van der Waals surface area (Å²) in [6.45, 7) is 2.26. The van der Waals surface area contributed by atoms with Crippen molar-refractivity contribution in [2.45, 2.75) is 0 Å². The average Bonchev–Trinajstić information content (AvgIpc) is 2.72. The van der Waals surface area contributed by atoms with Gasteiger partial charge in [0.25, 0.3) is 5.56 Å². The minimum absolute atomic E-state index is 0.0129. The maximum absolute atomic E-state index is 13.2. The van der Waals surface area contributed by atoms with Crippen LogP contribution in [0.25, 0.3) is 0 Å². The van der Waals surface area contributed by atoms with E-state index in [-0.39, 0.29) is 30.4 Å². The van der Waals surface area contributed by atoms with E-state index in [1.807, 2.05) is 9.80 Å². The molecule has 1 saturated heterocycles. The minimum atomic E-state index is -0.710. The van der Waals surface area contributed by atoms with Crippen molar-refractivity contribution < 1.29 is 14.0 Å².